The van der Waals surface area contributed by atoms with Gasteiger partial charge in [0, 0.05) is 36.4 Å². The van der Waals surface area contributed by atoms with Crippen LogP contribution in [0.3, 0.4) is 0 Å². The fraction of sp³-hybridized carbons (Fsp3) is 0.300. The number of aromatic nitrogens is 4. The van der Waals surface area contributed by atoms with Crippen LogP contribution >= 0.6 is 24.8 Å². The van der Waals surface area contributed by atoms with Crippen molar-refractivity contribution in [3.8, 4) is 11.5 Å². The van der Waals surface area contributed by atoms with Gasteiger partial charge < -0.3 is 14.3 Å². The van der Waals surface area contributed by atoms with Crippen LogP contribution < -0.4 is 5.32 Å². The number of rotatable bonds is 3. The quantitative estimate of drug-likeness (QED) is 0.540. The third-order valence-electron chi connectivity index (χ3n) is 5.09. The second kappa shape index (κ2) is 8.39. The average Bonchev–Trinajstić information content (AvgIpc) is 3.31. The van der Waals surface area contributed by atoms with E-state index in [4.69, 9.17) is 9.52 Å². The molecule has 0 spiro atoms. The molecule has 4 heterocycles. The fourth-order valence-electron chi connectivity index (χ4n) is 3.67. The Morgan fingerprint density at radius 2 is 2.07 bits per heavy atom. The molecular formula is C20H23Cl2N5O. The molecule has 0 fully saturated rings. The number of furan rings is 1. The SMILES string of the molecule is Cc1c(Cn2ccnc2-c2cc3n(n2)CCCNC3)oc2ccccc12.Cl.Cl. The minimum absolute atomic E-state index is 0. The number of para-hydroxylation sites is 1. The van der Waals surface area contributed by atoms with Crippen molar-refractivity contribution in [2.45, 2.75) is 33.0 Å². The molecule has 5 rings (SSSR count). The summed E-state index contributed by atoms with van der Waals surface area (Å²) in [6.07, 6.45) is 4.92. The normalized spacial score (nSPS) is 13.5. The van der Waals surface area contributed by atoms with Crippen molar-refractivity contribution >= 4 is 35.8 Å². The second-order valence-corrected chi connectivity index (χ2v) is 6.80. The fourth-order valence-corrected chi connectivity index (χ4v) is 3.67. The Morgan fingerprint density at radius 1 is 1.21 bits per heavy atom. The van der Waals surface area contributed by atoms with Crippen molar-refractivity contribution in [1.82, 2.24) is 24.6 Å². The highest BCUT2D eigenvalue weighted by atomic mass is 35.5. The van der Waals surface area contributed by atoms with E-state index in [1.54, 1.807) is 0 Å². The first-order valence-corrected chi connectivity index (χ1v) is 9.05. The number of aryl methyl sites for hydroxylation is 2. The standard InChI is InChI=1S/C20H21N5O.2ClH/c1-14-16-5-2-3-6-18(16)26-19(14)13-24-10-8-22-20(24)17-11-15-12-21-7-4-9-25(15)23-17;;/h2-3,5-6,8,10-11,21H,4,7,9,12-13H2,1H3;2*1H. The Hall–Kier alpha value is -2.28. The zero-order valence-electron chi connectivity index (χ0n) is 15.6. The summed E-state index contributed by atoms with van der Waals surface area (Å²) in [7, 11) is 0. The van der Waals surface area contributed by atoms with Crippen LogP contribution in [-0.4, -0.2) is 25.9 Å². The third-order valence-corrected chi connectivity index (χ3v) is 5.09. The van der Waals surface area contributed by atoms with Gasteiger partial charge in [-0.05, 0) is 32.0 Å². The lowest BCUT2D eigenvalue weighted by Crippen LogP contribution is -2.11. The third kappa shape index (κ3) is 3.55. The van der Waals surface area contributed by atoms with Crippen molar-refractivity contribution in [1.29, 1.82) is 0 Å². The van der Waals surface area contributed by atoms with E-state index in [1.807, 2.05) is 30.6 Å². The van der Waals surface area contributed by atoms with Gasteiger partial charge in [-0.1, -0.05) is 18.2 Å². The molecule has 1 N–H and O–H groups in total. The number of fused-ring (bicyclic) bond motifs is 2. The van der Waals surface area contributed by atoms with Crippen molar-refractivity contribution in [2.24, 2.45) is 0 Å². The molecular weight excluding hydrogens is 397 g/mol. The first-order chi connectivity index (χ1) is 12.8. The van der Waals surface area contributed by atoms with E-state index in [2.05, 4.69) is 38.6 Å². The van der Waals surface area contributed by atoms with Crippen LogP contribution in [0.4, 0.5) is 0 Å². The van der Waals surface area contributed by atoms with E-state index >= 15 is 0 Å². The number of nitrogens with zero attached hydrogens (tertiary/aromatic N) is 4. The maximum Gasteiger partial charge on any atom is 0.160 e. The molecule has 1 aliphatic heterocycles. The van der Waals surface area contributed by atoms with E-state index in [-0.39, 0.29) is 24.8 Å². The van der Waals surface area contributed by atoms with Gasteiger partial charge in [0.15, 0.2) is 5.82 Å². The zero-order valence-corrected chi connectivity index (χ0v) is 17.2. The molecule has 1 aromatic carbocycles. The topological polar surface area (TPSA) is 60.8 Å². The number of hydrogen-bond acceptors (Lipinski definition) is 4. The van der Waals surface area contributed by atoms with Crippen LogP contribution in [0, 0.1) is 6.92 Å². The van der Waals surface area contributed by atoms with Crippen LogP contribution in [0.2, 0.25) is 0 Å². The Bertz CT molecular complexity index is 1060. The summed E-state index contributed by atoms with van der Waals surface area (Å²) in [4.78, 5) is 4.56. The van der Waals surface area contributed by atoms with Gasteiger partial charge in [-0.15, -0.1) is 24.8 Å². The molecule has 0 bridgehead atoms. The van der Waals surface area contributed by atoms with Crippen LogP contribution in [0.5, 0.6) is 0 Å². The van der Waals surface area contributed by atoms with Crippen molar-refractivity contribution in [2.75, 3.05) is 6.54 Å². The minimum atomic E-state index is 0. The predicted molar refractivity (Wildman–Crippen MR) is 114 cm³/mol. The summed E-state index contributed by atoms with van der Waals surface area (Å²) in [6, 6.07) is 10.3. The van der Waals surface area contributed by atoms with Gasteiger partial charge in [0.2, 0.25) is 0 Å². The zero-order chi connectivity index (χ0) is 17.5. The number of halogens is 2. The minimum Gasteiger partial charge on any atom is -0.459 e. The van der Waals surface area contributed by atoms with E-state index in [9.17, 15) is 0 Å². The van der Waals surface area contributed by atoms with E-state index in [1.165, 1.54) is 16.6 Å². The maximum absolute atomic E-state index is 6.08. The lowest BCUT2D eigenvalue weighted by atomic mass is 10.1. The molecule has 8 heteroatoms. The molecule has 3 aromatic heterocycles. The molecule has 4 aromatic rings. The second-order valence-electron chi connectivity index (χ2n) is 6.80. The Labute approximate surface area is 175 Å². The molecule has 0 saturated carbocycles. The first kappa shape index (κ1) is 20.5. The van der Waals surface area contributed by atoms with Gasteiger partial charge >= 0.3 is 0 Å². The van der Waals surface area contributed by atoms with Crippen LogP contribution in [0.1, 0.15) is 23.4 Å². The molecule has 0 unspecified atom stereocenters. The maximum atomic E-state index is 6.08. The largest absolute Gasteiger partial charge is 0.459 e. The van der Waals surface area contributed by atoms with Gasteiger partial charge in [0.25, 0.3) is 0 Å². The Kier molecular flexibility index (Phi) is 6.13. The van der Waals surface area contributed by atoms with E-state index in [0.29, 0.717) is 6.54 Å². The monoisotopic (exact) mass is 419 g/mol. The molecule has 0 saturated heterocycles. The molecule has 6 nitrogen and oxygen atoms in total. The van der Waals surface area contributed by atoms with Crippen molar-refractivity contribution in [3.05, 3.63) is 59.7 Å². The molecule has 0 amide bonds. The first-order valence-electron chi connectivity index (χ1n) is 9.05. The molecule has 1 aliphatic rings. The van der Waals surface area contributed by atoms with Crippen LogP contribution in [-0.2, 0) is 19.6 Å². The van der Waals surface area contributed by atoms with E-state index in [0.717, 1.165) is 48.9 Å². The lowest BCUT2D eigenvalue weighted by Gasteiger charge is -2.05. The molecule has 28 heavy (non-hydrogen) atoms. The highest BCUT2D eigenvalue weighted by Gasteiger charge is 2.17. The van der Waals surface area contributed by atoms with Crippen LogP contribution in [0.25, 0.3) is 22.5 Å². The summed E-state index contributed by atoms with van der Waals surface area (Å²) in [5, 5.41) is 9.39. The predicted octanol–water partition coefficient (Wildman–Crippen LogP) is 4.19. The van der Waals surface area contributed by atoms with Gasteiger partial charge in [-0.2, -0.15) is 5.10 Å². The van der Waals surface area contributed by atoms with Gasteiger partial charge in [0.1, 0.15) is 17.0 Å². The summed E-state index contributed by atoms with van der Waals surface area (Å²) < 4.78 is 10.3. The van der Waals surface area contributed by atoms with E-state index < -0.39 is 0 Å². The highest BCUT2D eigenvalue weighted by Crippen LogP contribution is 2.27. The summed E-state index contributed by atoms with van der Waals surface area (Å²) >= 11 is 0. The number of hydrogen-bond donors (Lipinski definition) is 1. The summed E-state index contributed by atoms with van der Waals surface area (Å²) in [6.45, 7) is 5.61. The smallest absolute Gasteiger partial charge is 0.160 e. The average molecular weight is 420 g/mol. The van der Waals surface area contributed by atoms with Crippen LogP contribution in [0.15, 0.2) is 47.1 Å². The molecule has 0 aliphatic carbocycles. The van der Waals surface area contributed by atoms with Gasteiger partial charge in [-0.3, -0.25) is 4.68 Å². The van der Waals surface area contributed by atoms with Gasteiger partial charge in [0.05, 0.1) is 12.2 Å². The molecule has 0 radical (unpaired) electrons. The number of imidazole rings is 1. The van der Waals surface area contributed by atoms with Crippen molar-refractivity contribution in [3.63, 3.8) is 0 Å². The molecule has 148 valence electrons. The summed E-state index contributed by atoms with van der Waals surface area (Å²) in [5.74, 6) is 1.85. The highest BCUT2D eigenvalue weighted by molar-refractivity contribution is 5.85. The Balaban J connectivity index is 0.00000112. The van der Waals surface area contributed by atoms with Gasteiger partial charge in [-0.25, -0.2) is 4.98 Å². The number of nitrogens with one attached hydrogen (secondary N) is 1. The number of benzene rings is 1. The van der Waals surface area contributed by atoms with Crippen molar-refractivity contribution < 1.29 is 4.42 Å². The Morgan fingerprint density at radius 3 is 2.93 bits per heavy atom. The summed E-state index contributed by atoms with van der Waals surface area (Å²) in [5.41, 5.74) is 4.25. The molecule has 0 atom stereocenters. The lowest BCUT2D eigenvalue weighted by molar-refractivity contribution is 0.525.